The van der Waals surface area contributed by atoms with E-state index >= 15 is 0 Å². The molecular weight excluding hydrogens is 196 g/mol. The first-order chi connectivity index (χ1) is 6.47. The van der Waals surface area contributed by atoms with Crippen LogP contribution in [0.1, 0.15) is 27.2 Å². The fourth-order valence-corrected chi connectivity index (χ4v) is 1.11. The van der Waals surface area contributed by atoms with Gasteiger partial charge in [0, 0.05) is 24.3 Å². The third-order valence-corrected chi connectivity index (χ3v) is 3.24. The first kappa shape index (κ1) is 13.8. The van der Waals surface area contributed by atoms with Crippen LogP contribution in [-0.2, 0) is 4.79 Å². The standard InChI is InChI=1S/C10H22N2OS/c1-7(2)9(11)5-10(13)12-6-8(3)14-4/h7-9H,5-6,11H2,1-4H3,(H,12,13). The molecule has 1 amide bonds. The summed E-state index contributed by atoms with van der Waals surface area (Å²) in [6.07, 6.45) is 2.47. The van der Waals surface area contributed by atoms with Crippen molar-refractivity contribution in [3.05, 3.63) is 0 Å². The molecule has 0 saturated heterocycles. The number of rotatable bonds is 6. The Morgan fingerprint density at radius 3 is 2.43 bits per heavy atom. The first-order valence-electron chi connectivity index (χ1n) is 5.02. The summed E-state index contributed by atoms with van der Waals surface area (Å²) in [5.41, 5.74) is 5.79. The van der Waals surface area contributed by atoms with E-state index in [0.29, 0.717) is 17.6 Å². The number of carbonyl (C=O) groups is 1. The van der Waals surface area contributed by atoms with Gasteiger partial charge in [0.15, 0.2) is 0 Å². The highest BCUT2D eigenvalue weighted by molar-refractivity contribution is 7.99. The van der Waals surface area contributed by atoms with Crippen molar-refractivity contribution in [3.8, 4) is 0 Å². The molecule has 0 aromatic rings. The van der Waals surface area contributed by atoms with Gasteiger partial charge in [-0.3, -0.25) is 4.79 Å². The van der Waals surface area contributed by atoms with Gasteiger partial charge < -0.3 is 11.1 Å². The molecule has 4 heteroatoms. The molecule has 0 aromatic heterocycles. The third-order valence-electron chi connectivity index (χ3n) is 2.27. The second-order valence-corrected chi connectivity index (χ2v) is 5.24. The molecule has 14 heavy (non-hydrogen) atoms. The molecule has 2 atom stereocenters. The van der Waals surface area contributed by atoms with E-state index < -0.39 is 0 Å². The van der Waals surface area contributed by atoms with Crippen LogP contribution in [0.2, 0.25) is 0 Å². The van der Waals surface area contributed by atoms with E-state index in [2.05, 4.69) is 12.2 Å². The number of hydrogen-bond acceptors (Lipinski definition) is 3. The van der Waals surface area contributed by atoms with Gasteiger partial charge >= 0.3 is 0 Å². The minimum absolute atomic E-state index is 0.0282. The normalized spacial score (nSPS) is 15.3. The highest BCUT2D eigenvalue weighted by Crippen LogP contribution is 2.04. The Kier molecular flexibility index (Phi) is 7.01. The van der Waals surface area contributed by atoms with E-state index in [4.69, 9.17) is 5.73 Å². The van der Waals surface area contributed by atoms with E-state index in [1.807, 2.05) is 20.1 Å². The maximum absolute atomic E-state index is 11.4. The van der Waals surface area contributed by atoms with Crippen LogP contribution in [0.3, 0.4) is 0 Å². The number of amides is 1. The Bertz CT molecular complexity index is 174. The van der Waals surface area contributed by atoms with Gasteiger partial charge in [-0.2, -0.15) is 11.8 Å². The quantitative estimate of drug-likeness (QED) is 0.705. The second kappa shape index (κ2) is 7.12. The molecule has 0 rings (SSSR count). The molecule has 0 saturated carbocycles. The van der Waals surface area contributed by atoms with Crippen molar-refractivity contribution < 1.29 is 4.79 Å². The van der Waals surface area contributed by atoms with Gasteiger partial charge in [-0.15, -0.1) is 0 Å². The van der Waals surface area contributed by atoms with Crippen LogP contribution in [0, 0.1) is 5.92 Å². The summed E-state index contributed by atoms with van der Waals surface area (Å²) in [6.45, 7) is 6.88. The molecule has 0 fully saturated rings. The summed E-state index contributed by atoms with van der Waals surface area (Å²) in [4.78, 5) is 11.4. The van der Waals surface area contributed by atoms with Gasteiger partial charge in [0.2, 0.25) is 5.91 Å². The van der Waals surface area contributed by atoms with Crippen LogP contribution in [-0.4, -0.2) is 30.0 Å². The lowest BCUT2D eigenvalue weighted by molar-refractivity contribution is -0.121. The van der Waals surface area contributed by atoms with Crippen LogP contribution >= 0.6 is 11.8 Å². The number of carbonyl (C=O) groups excluding carboxylic acids is 1. The Morgan fingerprint density at radius 1 is 1.43 bits per heavy atom. The van der Waals surface area contributed by atoms with Gasteiger partial charge in [0.05, 0.1) is 0 Å². The van der Waals surface area contributed by atoms with E-state index in [9.17, 15) is 4.79 Å². The van der Waals surface area contributed by atoms with Gasteiger partial charge in [-0.25, -0.2) is 0 Å². The molecule has 0 radical (unpaired) electrons. The number of nitrogens with two attached hydrogens (primary N) is 1. The lowest BCUT2D eigenvalue weighted by Crippen LogP contribution is -2.36. The van der Waals surface area contributed by atoms with Crippen molar-refractivity contribution >= 4 is 17.7 Å². The fraction of sp³-hybridized carbons (Fsp3) is 0.900. The maximum Gasteiger partial charge on any atom is 0.221 e. The van der Waals surface area contributed by atoms with Gasteiger partial charge in [-0.05, 0) is 12.2 Å². The Labute approximate surface area is 91.2 Å². The molecule has 0 aliphatic heterocycles. The summed E-state index contributed by atoms with van der Waals surface area (Å²) >= 11 is 1.75. The summed E-state index contributed by atoms with van der Waals surface area (Å²) in [7, 11) is 0. The van der Waals surface area contributed by atoms with Crippen molar-refractivity contribution in [2.75, 3.05) is 12.8 Å². The van der Waals surface area contributed by atoms with Crippen LogP contribution in [0.15, 0.2) is 0 Å². The largest absolute Gasteiger partial charge is 0.355 e. The molecule has 2 unspecified atom stereocenters. The van der Waals surface area contributed by atoms with Crippen LogP contribution < -0.4 is 11.1 Å². The Morgan fingerprint density at radius 2 is 2.00 bits per heavy atom. The fourth-order valence-electron chi connectivity index (χ4n) is 0.863. The van der Waals surface area contributed by atoms with E-state index in [0.717, 1.165) is 6.54 Å². The molecular formula is C10H22N2OS. The van der Waals surface area contributed by atoms with Gasteiger partial charge in [-0.1, -0.05) is 20.8 Å². The van der Waals surface area contributed by atoms with Crippen LogP contribution in [0.25, 0.3) is 0 Å². The predicted molar refractivity (Wildman–Crippen MR) is 63.4 cm³/mol. The highest BCUT2D eigenvalue weighted by Gasteiger charge is 2.12. The van der Waals surface area contributed by atoms with Crippen molar-refractivity contribution in [1.82, 2.24) is 5.32 Å². The predicted octanol–water partition coefficient (Wildman–Crippen LogP) is 1.23. The van der Waals surface area contributed by atoms with Gasteiger partial charge in [0.25, 0.3) is 0 Å². The molecule has 0 heterocycles. The van der Waals surface area contributed by atoms with E-state index in [-0.39, 0.29) is 11.9 Å². The van der Waals surface area contributed by atoms with Crippen molar-refractivity contribution in [1.29, 1.82) is 0 Å². The summed E-state index contributed by atoms with van der Waals surface area (Å²) < 4.78 is 0. The van der Waals surface area contributed by atoms with Gasteiger partial charge in [0.1, 0.15) is 0 Å². The average Bonchev–Trinajstić information content (AvgIpc) is 2.13. The zero-order valence-corrected chi connectivity index (χ0v) is 10.4. The highest BCUT2D eigenvalue weighted by atomic mass is 32.2. The Balaban J connectivity index is 3.65. The molecule has 3 nitrogen and oxygen atoms in total. The lowest BCUT2D eigenvalue weighted by Gasteiger charge is -2.16. The van der Waals surface area contributed by atoms with Crippen molar-refractivity contribution in [3.63, 3.8) is 0 Å². The number of nitrogens with one attached hydrogen (secondary N) is 1. The Hall–Kier alpha value is -0.220. The van der Waals surface area contributed by atoms with Crippen LogP contribution in [0.5, 0.6) is 0 Å². The molecule has 0 aliphatic carbocycles. The zero-order chi connectivity index (χ0) is 11.1. The molecule has 0 spiro atoms. The smallest absolute Gasteiger partial charge is 0.221 e. The monoisotopic (exact) mass is 218 g/mol. The maximum atomic E-state index is 11.4. The average molecular weight is 218 g/mol. The summed E-state index contributed by atoms with van der Waals surface area (Å²) in [5.74, 6) is 0.422. The summed E-state index contributed by atoms with van der Waals surface area (Å²) in [6, 6.07) is -0.0282. The SMILES string of the molecule is CSC(C)CNC(=O)CC(N)C(C)C. The van der Waals surface area contributed by atoms with Crippen molar-refractivity contribution in [2.45, 2.75) is 38.5 Å². The number of hydrogen-bond donors (Lipinski definition) is 2. The first-order valence-corrected chi connectivity index (χ1v) is 6.31. The number of thioether (sulfide) groups is 1. The lowest BCUT2D eigenvalue weighted by atomic mass is 10.0. The molecule has 84 valence electrons. The zero-order valence-electron chi connectivity index (χ0n) is 9.54. The topological polar surface area (TPSA) is 55.1 Å². The van der Waals surface area contributed by atoms with Crippen LogP contribution in [0.4, 0.5) is 0 Å². The molecule has 3 N–H and O–H groups in total. The minimum Gasteiger partial charge on any atom is -0.355 e. The second-order valence-electron chi connectivity index (χ2n) is 3.96. The molecule has 0 bridgehead atoms. The van der Waals surface area contributed by atoms with E-state index in [1.165, 1.54) is 0 Å². The molecule has 0 aliphatic rings. The van der Waals surface area contributed by atoms with E-state index in [1.54, 1.807) is 11.8 Å². The third kappa shape index (κ3) is 6.27. The molecule has 0 aromatic carbocycles. The van der Waals surface area contributed by atoms with Crippen molar-refractivity contribution in [2.24, 2.45) is 11.7 Å². The summed E-state index contributed by atoms with van der Waals surface area (Å²) in [5, 5.41) is 3.35. The minimum atomic E-state index is -0.0282.